The lowest BCUT2D eigenvalue weighted by Crippen LogP contribution is -2.34. The quantitative estimate of drug-likeness (QED) is 0.765. The molecular formula is C11H17ClN4. The second-order valence-corrected chi connectivity index (χ2v) is 4.83. The molecule has 5 heteroatoms. The lowest BCUT2D eigenvalue weighted by atomic mass is 9.99. The van der Waals surface area contributed by atoms with Gasteiger partial charge in [-0.25, -0.2) is 9.97 Å². The lowest BCUT2D eigenvalue weighted by molar-refractivity contribution is 0.436. The van der Waals surface area contributed by atoms with Gasteiger partial charge in [0.15, 0.2) is 11.0 Å². The van der Waals surface area contributed by atoms with E-state index >= 15 is 0 Å². The minimum atomic E-state index is 0.362. The summed E-state index contributed by atoms with van der Waals surface area (Å²) in [6, 6.07) is 0. The number of anilines is 2. The molecule has 0 unspecified atom stereocenters. The van der Waals surface area contributed by atoms with Crippen molar-refractivity contribution in [3.05, 3.63) is 11.0 Å². The molecule has 1 aromatic rings. The minimum Gasteiger partial charge on any atom is -0.393 e. The van der Waals surface area contributed by atoms with Crippen LogP contribution < -0.4 is 10.6 Å². The number of hydrogen-bond acceptors (Lipinski definition) is 4. The highest BCUT2D eigenvalue weighted by atomic mass is 35.5. The molecule has 1 aliphatic heterocycles. The molecule has 0 amide bonds. The molecule has 0 spiro atoms. The van der Waals surface area contributed by atoms with Crippen LogP contribution in [0.1, 0.15) is 25.6 Å². The fraction of sp³-hybridized carbons (Fsp3) is 0.636. The van der Waals surface area contributed by atoms with Crippen molar-refractivity contribution in [1.29, 1.82) is 0 Å². The van der Waals surface area contributed by atoms with Crippen molar-refractivity contribution >= 4 is 23.1 Å². The van der Waals surface area contributed by atoms with Gasteiger partial charge in [-0.3, -0.25) is 0 Å². The predicted octanol–water partition coefficient (Wildman–Crippen LogP) is 2.26. The standard InChI is InChI=1S/C11H17ClN4/c1-7-3-5-16(6-4-7)11-9(13)10(12)14-8(2)15-11/h7H,3-6,13H2,1-2H3. The smallest absolute Gasteiger partial charge is 0.157 e. The molecule has 88 valence electrons. The summed E-state index contributed by atoms with van der Waals surface area (Å²) in [5, 5.41) is 0.362. The summed E-state index contributed by atoms with van der Waals surface area (Å²) in [4.78, 5) is 10.6. The summed E-state index contributed by atoms with van der Waals surface area (Å²) in [5.41, 5.74) is 6.42. The maximum Gasteiger partial charge on any atom is 0.157 e. The van der Waals surface area contributed by atoms with Crippen LogP contribution in [-0.2, 0) is 0 Å². The summed E-state index contributed by atoms with van der Waals surface area (Å²) in [7, 11) is 0. The average molecular weight is 241 g/mol. The molecule has 0 bridgehead atoms. The number of aromatic nitrogens is 2. The number of halogens is 1. The van der Waals surface area contributed by atoms with Crippen molar-refractivity contribution < 1.29 is 0 Å². The van der Waals surface area contributed by atoms with Crippen molar-refractivity contribution in [2.24, 2.45) is 5.92 Å². The third-order valence-electron chi connectivity index (χ3n) is 3.07. The molecule has 0 atom stereocenters. The average Bonchev–Trinajstić information content (AvgIpc) is 2.25. The largest absolute Gasteiger partial charge is 0.393 e. The van der Waals surface area contributed by atoms with E-state index in [2.05, 4.69) is 21.8 Å². The maximum atomic E-state index is 5.96. The Kier molecular flexibility index (Phi) is 3.19. The molecule has 1 aliphatic rings. The number of hydrogen-bond donors (Lipinski definition) is 1. The van der Waals surface area contributed by atoms with Crippen LogP contribution in [0.5, 0.6) is 0 Å². The maximum absolute atomic E-state index is 5.96. The van der Waals surface area contributed by atoms with Gasteiger partial charge >= 0.3 is 0 Å². The number of nitrogens with two attached hydrogens (primary N) is 1. The molecule has 2 rings (SSSR count). The van der Waals surface area contributed by atoms with E-state index in [-0.39, 0.29) is 0 Å². The summed E-state index contributed by atoms with van der Waals surface area (Å²) in [5.74, 6) is 2.26. The van der Waals surface area contributed by atoms with E-state index in [1.54, 1.807) is 0 Å². The zero-order valence-corrected chi connectivity index (χ0v) is 10.5. The van der Waals surface area contributed by atoms with Crippen LogP contribution in [0.25, 0.3) is 0 Å². The molecule has 0 saturated carbocycles. The summed E-state index contributed by atoms with van der Waals surface area (Å²) < 4.78 is 0. The van der Waals surface area contributed by atoms with Gasteiger partial charge in [-0.05, 0) is 25.7 Å². The first kappa shape index (κ1) is 11.5. The monoisotopic (exact) mass is 240 g/mol. The van der Waals surface area contributed by atoms with Gasteiger partial charge in [0.2, 0.25) is 0 Å². The number of aryl methyl sites for hydroxylation is 1. The highest BCUT2D eigenvalue weighted by Crippen LogP contribution is 2.29. The van der Waals surface area contributed by atoms with Crippen LogP contribution in [0.15, 0.2) is 0 Å². The second kappa shape index (κ2) is 4.45. The Bertz CT molecular complexity index is 386. The Balaban J connectivity index is 2.26. The fourth-order valence-electron chi connectivity index (χ4n) is 1.99. The van der Waals surface area contributed by atoms with Crippen molar-refractivity contribution in [3.63, 3.8) is 0 Å². The summed E-state index contributed by atoms with van der Waals surface area (Å²) in [6.45, 7) is 6.11. The lowest BCUT2D eigenvalue weighted by Gasteiger charge is -2.32. The molecule has 2 N–H and O–H groups in total. The Hall–Kier alpha value is -1.03. The first-order valence-electron chi connectivity index (χ1n) is 5.62. The Morgan fingerprint density at radius 2 is 1.94 bits per heavy atom. The van der Waals surface area contributed by atoms with E-state index in [9.17, 15) is 0 Å². The van der Waals surface area contributed by atoms with Crippen molar-refractivity contribution in [3.8, 4) is 0 Å². The van der Waals surface area contributed by atoms with E-state index in [0.29, 0.717) is 16.7 Å². The highest BCUT2D eigenvalue weighted by molar-refractivity contribution is 6.32. The van der Waals surface area contributed by atoms with Crippen molar-refractivity contribution in [1.82, 2.24) is 9.97 Å². The molecule has 1 aromatic heterocycles. The van der Waals surface area contributed by atoms with Crippen LogP contribution in [0.2, 0.25) is 5.15 Å². The third-order valence-corrected chi connectivity index (χ3v) is 3.36. The van der Waals surface area contributed by atoms with Crippen molar-refractivity contribution in [2.45, 2.75) is 26.7 Å². The van der Waals surface area contributed by atoms with E-state index < -0.39 is 0 Å². The first-order chi connectivity index (χ1) is 7.58. The van der Waals surface area contributed by atoms with Gasteiger partial charge < -0.3 is 10.6 Å². The highest BCUT2D eigenvalue weighted by Gasteiger charge is 2.20. The summed E-state index contributed by atoms with van der Waals surface area (Å²) >= 11 is 5.96. The fourth-order valence-corrected chi connectivity index (χ4v) is 2.20. The van der Waals surface area contributed by atoms with Gasteiger partial charge in [0.25, 0.3) is 0 Å². The van der Waals surface area contributed by atoms with E-state index in [1.807, 2.05) is 6.92 Å². The molecule has 0 aliphatic carbocycles. The van der Waals surface area contributed by atoms with Gasteiger partial charge in [0.05, 0.1) is 0 Å². The van der Waals surface area contributed by atoms with Crippen LogP contribution >= 0.6 is 11.6 Å². The van der Waals surface area contributed by atoms with E-state index in [0.717, 1.165) is 24.8 Å². The van der Waals surface area contributed by atoms with Gasteiger partial charge in [-0.2, -0.15) is 0 Å². The Morgan fingerprint density at radius 3 is 2.56 bits per heavy atom. The number of rotatable bonds is 1. The Morgan fingerprint density at radius 1 is 1.31 bits per heavy atom. The zero-order valence-electron chi connectivity index (χ0n) is 9.70. The van der Waals surface area contributed by atoms with Crippen LogP contribution in [0.4, 0.5) is 11.5 Å². The second-order valence-electron chi connectivity index (χ2n) is 4.47. The predicted molar refractivity (Wildman–Crippen MR) is 66.8 cm³/mol. The molecule has 1 fully saturated rings. The molecule has 4 nitrogen and oxygen atoms in total. The number of nitrogen functional groups attached to an aromatic ring is 1. The Labute approximate surface area is 101 Å². The molecule has 16 heavy (non-hydrogen) atoms. The normalized spacial score (nSPS) is 17.8. The zero-order chi connectivity index (χ0) is 11.7. The van der Waals surface area contributed by atoms with Gasteiger partial charge in [0, 0.05) is 13.1 Å². The van der Waals surface area contributed by atoms with E-state index in [1.165, 1.54) is 12.8 Å². The topological polar surface area (TPSA) is 55.0 Å². The van der Waals surface area contributed by atoms with Gasteiger partial charge in [0.1, 0.15) is 11.5 Å². The molecular weight excluding hydrogens is 224 g/mol. The van der Waals surface area contributed by atoms with Gasteiger partial charge in [-0.1, -0.05) is 18.5 Å². The summed E-state index contributed by atoms with van der Waals surface area (Å²) in [6.07, 6.45) is 2.36. The third kappa shape index (κ3) is 2.21. The minimum absolute atomic E-state index is 0.362. The van der Waals surface area contributed by atoms with Crippen molar-refractivity contribution in [2.75, 3.05) is 23.7 Å². The van der Waals surface area contributed by atoms with E-state index in [4.69, 9.17) is 17.3 Å². The van der Waals surface area contributed by atoms with Gasteiger partial charge in [-0.15, -0.1) is 0 Å². The first-order valence-corrected chi connectivity index (χ1v) is 6.00. The van der Waals surface area contributed by atoms with Crippen LogP contribution in [0, 0.1) is 12.8 Å². The molecule has 1 saturated heterocycles. The molecule has 2 heterocycles. The van der Waals surface area contributed by atoms with Crippen LogP contribution in [-0.4, -0.2) is 23.1 Å². The number of nitrogens with zero attached hydrogens (tertiary/aromatic N) is 3. The molecule has 0 radical (unpaired) electrons. The molecule has 0 aromatic carbocycles. The SMILES string of the molecule is Cc1nc(Cl)c(N)c(N2CCC(C)CC2)n1. The van der Waals surface area contributed by atoms with Crippen LogP contribution in [0.3, 0.4) is 0 Å². The number of piperidine rings is 1.